The molecule has 1 unspecified atom stereocenters. The van der Waals surface area contributed by atoms with Crippen LogP contribution in [-0.4, -0.2) is 36.3 Å². The first-order valence-electron chi connectivity index (χ1n) is 8.52. The van der Waals surface area contributed by atoms with Crippen LogP contribution in [0, 0.1) is 0 Å². The molecule has 6 heteroatoms. The van der Waals surface area contributed by atoms with Crippen LogP contribution < -0.4 is 11.1 Å². The van der Waals surface area contributed by atoms with Gasteiger partial charge < -0.3 is 16.0 Å². The Labute approximate surface area is 150 Å². The molecule has 0 saturated carbocycles. The Balaban J connectivity index is 0.00000288. The van der Waals surface area contributed by atoms with Gasteiger partial charge in [-0.1, -0.05) is 36.8 Å². The third-order valence-electron chi connectivity index (χ3n) is 4.23. The van der Waals surface area contributed by atoms with E-state index in [2.05, 4.69) is 5.32 Å². The van der Waals surface area contributed by atoms with E-state index >= 15 is 0 Å². The molecule has 1 aromatic carbocycles. The average Bonchev–Trinajstić information content (AvgIpc) is 2.77. The molecule has 3 N–H and O–H groups in total. The highest BCUT2D eigenvalue weighted by Crippen LogP contribution is 2.13. The van der Waals surface area contributed by atoms with Crippen molar-refractivity contribution < 1.29 is 9.59 Å². The molecule has 0 radical (unpaired) electrons. The van der Waals surface area contributed by atoms with E-state index in [-0.39, 0.29) is 36.7 Å². The average molecular weight is 354 g/mol. The summed E-state index contributed by atoms with van der Waals surface area (Å²) in [5, 5.41) is 2.90. The number of rotatable bonds is 7. The summed E-state index contributed by atoms with van der Waals surface area (Å²) in [5.41, 5.74) is 7.01. The lowest BCUT2D eigenvalue weighted by molar-refractivity contribution is -0.130. The Bertz CT molecular complexity index is 510. The molecule has 1 aliphatic rings. The molecular weight excluding hydrogens is 326 g/mol. The molecule has 0 aromatic heterocycles. The van der Waals surface area contributed by atoms with Crippen molar-refractivity contribution >= 4 is 24.2 Å². The van der Waals surface area contributed by atoms with Gasteiger partial charge >= 0.3 is 0 Å². The Hall–Kier alpha value is -1.59. The maximum absolute atomic E-state index is 11.9. The van der Waals surface area contributed by atoms with Crippen LogP contribution >= 0.6 is 12.4 Å². The summed E-state index contributed by atoms with van der Waals surface area (Å²) in [6, 6.07) is 9.37. The minimum Gasteiger partial charge on any atom is -0.356 e. The fourth-order valence-electron chi connectivity index (χ4n) is 2.86. The first-order valence-corrected chi connectivity index (χ1v) is 8.52. The number of hydrogen-bond donors (Lipinski definition) is 2. The van der Waals surface area contributed by atoms with Crippen molar-refractivity contribution in [3.8, 4) is 0 Å². The number of nitrogens with one attached hydrogen (secondary N) is 1. The molecule has 1 aliphatic heterocycles. The standard InChI is InChI=1S/C18H27N3O2.ClH/c19-16(15-8-3-1-4-9-15)14-17(22)20-11-7-13-21-12-6-2-5-10-18(21)23;/h1,3-4,8-9,16H,2,5-7,10-14,19H2,(H,20,22);1H. The molecule has 1 heterocycles. The normalized spacial score (nSPS) is 16.0. The van der Waals surface area contributed by atoms with E-state index < -0.39 is 0 Å². The Morgan fingerprint density at radius 2 is 1.96 bits per heavy atom. The van der Waals surface area contributed by atoms with E-state index in [1.165, 1.54) is 0 Å². The number of nitrogens with zero attached hydrogens (tertiary/aromatic N) is 1. The number of carbonyl (C=O) groups excluding carboxylic acids is 2. The molecule has 1 aromatic rings. The summed E-state index contributed by atoms with van der Waals surface area (Å²) in [6.07, 6.45) is 4.97. The smallest absolute Gasteiger partial charge is 0.222 e. The highest BCUT2D eigenvalue weighted by Gasteiger charge is 2.16. The minimum atomic E-state index is -0.275. The SMILES string of the molecule is Cl.NC(CC(=O)NCCCN1CCCCCC1=O)c1ccccc1. The monoisotopic (exact) mass is 353 g/mol. The van der Waals surface area contributed by atoms with Gasteiger partial charge in [0.2, 0.25) is 11.8 Å². The van der Waals surface area contributed by atoms with Gasteiger partial charge in [-0.05, 0) is 24.8 Å². The van der Waals surface area contributed by atoms with Gasteiger partial charge in [0.25, 0.3) is 0 Å². The van der Waals surface area contributed by atoms with Gasteiger partial charge in [0, 0.05) is 38.5 Å². The molecule has 0 spiro atoms. The predicted molar refractivity (Wildman–Crippen MR) is 97.9 cm³/mol. The number of amides is 2. The Kier molecular flexibility index (Phi) is 9.42. The molecular formula is C18H28ClN3O2. The largest absolute Gasteiger partial charge is 0.356 e. The second-order valence-electron chi connectivity index (χ2n) is 6.12. The zero-order valence-corrected chi connectivity index (χ0v) is 14.9. The summed E-state index contributed by atoms with van der Waals surface area (Å²) in [5.74, 6) is 0.212. The van der Waals surface area contributed by atoms with Crippen LogP contribution in [0.4, 0.5) is 0 Å². The third-order valence-corrected chi connectivity index (χ3v) is 4.23. The van der Waals surface area contributed by atoms with Crippen LogP contribution in [0.15, 0.2) is 30.3 Å². The van der Waals surface area contributed by atoms with Crippen molar-refractivity contribution in [3.05, 3.63) is 35.9 Å². The van der Waals surface area contributed by atoms with Gasteiger partial charge in [0.05, 0.1) is 0 Å². The van der Waals surface area contributed by atoms with Crippen molar-refractivity contribution in [2.24, 2.45) is 5.73 Å². The number of halogens is 1. The topological polar surface area (TPSA) is 75.4 Å². The summed E-state index contributed by atoms with van der Waals surface area (Å²) >= 11 is 0. The van der Waals surface area contributed by atoms with Gasteiger partial charge in [-0.3, -0.25) is 9.59 Å². The highest BCUT2D eigenvalue weighted by atomic mass is 35.5. The first-order chi connectivity index (χ1) is 11.2. The van der Waals surface area contributed by atoms with Crippen LogP contribution in [0.3, 0.4) is 0 Å². The lowest BCUT2D eigenvalue weighted by atomic mass is 10.0. The number of hydrogen-bond acceptors (Lipinski definition) is 3. The van der Waals surface area contributed by atoms with E-state index in [0.717, 1.165) is 44.3 Å². The van der Waals surface area contributed by atoms with Crippen LogP contribution in [0.25, 0.3) is 0 Å². The zero-order chi connectivity index (χ0) is 16.5. The molecule has 2 amide bonds. The van der Waals surface area contributed by atoms with Crippen LogP contribution in [-0.2, 0) is 9.59 Å². The second kappa shape index (κ2) is 11.0. The molecule has 1 atom stereocenters. The molecule has 1 saturated heterocycles. The van der Waals surface area contributed by atoms with Crippen LogP contribution in [0.1, 0.15) is 50.1 Å². The number of benzene rings is 1. The summed E-state index contributed by atoms with van der Waals surface area (Å²) < 4.78 is 0. The lowest BCUT2D eigenvalue weighted by Gasteiger charge is -2.20. The lowest BCUT2D eigenvalue weighted by Crippen LogP contribution is -2.34. The minimum absolute atomic E-state index is 0. The van der Waals surface area contributed by atoms with Crippen molar-refractivity contribution in [3.63, 3.8) is 0 Å². The van der Waals surface area contributed by atoms with Gasteiger partial charge in [0.15, 0.2) is 0 Å². The number of carbonyl (C=O) groups is 2. The quantitative estimate of drug-likeness (QED) is 0.739. The van der Waals surface area contributed by atoms with Gasteiger partial charge in [-0.2, -0.15) is 0 Å². The molecule has 2 rings (SSSR count). The zero-order valence-electron chi connectivity index (χ0n) is 14.1. The molecule has 0 bridgehead atoms. The number of likely N-dealkylation sites (tertiary alicyclic amines) is 1. The summed E-state index contributed by atoms with van der Waals surface area (Å²) in [4.78, 5) is 25.7. The van der Waals surface area contributed by atoms with E-state index in [1.807, 2.05) is 35.2 Å². The molecule has 134 valence electrons. The third kappa shape index (κ3) is 6.89. The maximum atomic E-state index is 11.9. The molecule has 0 aliphatic carbocycles. The first kappa shape index (κ1) is 20.5. The molecule has 24 heavy (non-hydrogen) atoms. The van der Waals surface area contributed by atoms with Crippen molar-refractivity contribution in [1.82, 2.24) is 10.2 Å². The Morgan fingerprint density at radius 3 is 2.71 bits per heavy atom. The van der Waals surface area contributed by atoms with E-state index in [1.54, 1.807) is 0 Å². The van der Waals surface area contributed by atoms with E-state index in [0.29, 0.717) is 13.0 Å². The highest BCUT2D eigenvalue weighted by molar-refractivity contribution is 5.85. The Morgan fingerprint density at radius 1 is 1.21 bits per heavy atom. The van der Waals surface area contributed by atoms with Crippen molar-refractivity contribution in [2.45, 2.75) is 44.6 Å². The summed E-state index contributed by atoms with van der Waals surface area (Å²) in [6.45, 7) is 2.17. The van der Waals surface area contributed by atoms with Crippen molar-refractivity contribution in [1.29, 1.82) is 0 Å². The molecule has 5 nitrogen and oxygen atoms in total. The van der Waals surface area contributed by atoms with Gasteiger partial charge in [0.1, 0.15) is 0 Å². The van der Waals surface area contributed by atoms with E-state index in [9.17, 15) is 9.59 Å². The maximum Gasteiger partial charge on any atom is 0.222 e. The predicted octanol–water partition coefficient (Wildman–Crippen LogP) is 2.41. The van der Waals surface area contributed by atoms with Gasteiger partial charge in [-0.25, -0.2) is 0 Å². The van der Waals surface area contributed by atoms with Crippen LogP contribution in [0.2, 0.25) is 0 Å². The second-order valence-corrected chi connectivity index (χ2v) is 6.12. The van der Waals surface area contributed by atoms with Gasteiger partial charge in [-0.15, -0.1) is 12.4 Å². The van der Waals surface area contributed by atoms with Crippen LogP contribution in [0.5, 0.6) is 0 Å². The van der Waals surface area contributed by atoms with Crippen molar-refractivity contribution in [2.75, 3.05) is 19.6 Å². The molecule has 1 fully saturated rings. The fourth-order valence-corrected chi connectivity index (χ4v) is 2.86. The number of nitrogens with two attached hydrogens (primary N) is 1. The fraction of sp³-hybridized carbons (Fsp3) is 0.556. The van der Waals surface area contributed by atoms with E-state index in [4.69, 9.17) is 5.73 Å². The summed E-state index contributed by atoms with van der Waals surface area (Å²) in [7, 11) is 0.